The normalized spacial score (nSPS) is 16.5. The zero-order valence-corrected chi connectivity index (χ0v) is 7.98. The molecule has 0 spiro atoms. The van der Waals surface area contributed by atoms with E-state index in [1.54, 1.807) is 0 Å². The number of hydrogen-bond acceptors (Lipinski definition) is 2. The van der Waals surface area contributed by atoms with Crippen LogP contribution in [0.15, 0.2) is 4.60 Å². The van der Waals surface area contributed by atoms with Crippen LogP contribution in [0.2, 0.25) is 0 Å². The van der Waals surface area contributed by atoms with E-state index in [2.05, 4.69) is 26.3 Å². The van der Waals surface area contributed by atoms with E-state index in [0.29, 0.717) is 0 Å². The number of aromatic nitrogens is 2. The summed E-state index contributed by atoms with van der Waals surface area (Å²) >= 11 is 3.50. The summed E-state index contributed by atoms with van der Waals surface area (Å²) in [5.74, 6) is 0. The average molecular weight is 216 g/mol. The molecule has 60 valence electrons. The first-order chi connectivity index (χ1) is 5.29. The monoisotopic (exact) mass is 215 g/mol. The van der Waals surface area contributed by atoms with Crippen molar-refractivity contribution in [1.29, 1.82) is 0 Å². The van der Waals surface area contributed by atoms with Gasteiger partial charge in [0.05, 0.1) is 5.69 Å². The molecule has 0 saturated heterocycles. The number of rotatable bonds is 0. The van der Waals surface area contributed by atoms with Crippen LogP contribution in [-0.4, -0.2) is 16.3 Å². The highest BCUT2D eigenvalue weighted by Crippen LogP contribution is 2.21. The Balaban J connectivity index is 2.50. The number of nitrogens with one attached hydrogen (secondary N) is 1. The maximum atomic E-state index is 4.38. The fraction of sp³-hybridized carbons (Fsp3) is 0.571. The van der Waals surface area contributed by atoms with Crippen LogP contribution in [-0.2, 0) is 20.0 Å². The summed E-state index contributed by atoms with van der Waals surface area (Å²) in [6.07, 6.45) is 1.05. The van der Waals surface area contributed by atoms with Gasteiger partial charge >= 0.3 is 0 Å². The largest absolute Gasteiger partial charge is 0.312 e. The van der Waals surface area contributed by atoms with Gasteiger partial charge in [-0.3, -0.25) is 4.68 Å². The van der Waals surface area contributed by atoms with Gasteiger partial charge in [-0.2, -0.15) is 5.10 Å². The van der Waals surface area contributed by atoms with Crippen LogP contribution in [0.4, 0.5) is 0 Å². The predicted molar refractivity (Wildman–Crippen MR) is 46.3 cm³/mol. The molecule has 0 aliphatic carbocycles. The van der Waals surface area contributed by atoms with Gasteiger partial charge in [-0.15, -0.1) is 0 Å². The Labute approximate surface area is 73.9 Å². The third kappa shape index (κ3) is 1.10. The zero-order valence-electron chi connectivity index (χ0n) is 6.39. The lowest BCUT2D eigenvalue weighted by atomic mass is 10.1. The molecule has 0 amide bonds. The van der Waals surface area contributed by atoms with Gasteiger partial charge in [0.15, 0.2) is 0 Å². The van der Waals surface area contributed by atoms with Crippen molar-refractivity contribution < 1.29 is 0 Å². The van der Waals surface area contributed by atoms with Crippen molar-refractivity contribution in [2.75, 3.05) is 6.54 Å². The fourth-order valence-corrected chi connectivity index (χ4v) is 1.84. The summed E-state index contributed by atoms with van der Waals surface area (Å²) in [6, 6.07) is 0. The molecule has 0 fully saturated rings. The molecular formula is C7H10BrN3. The Hall–Kier alpha value is -0.350. The molecule has 0 saturated carbocycles. The third-order valence-corrected chi connectivity index (χ3v) is 2.98. The molecule has 1 aromatic heterocycles. The number of fused-ring (bicyclic) bond motifs is 1. The van der Waals surface area contributed by atoms with E-state index in [0.717, 1.165) is 24.1 Å². The quantitative estimate of drug-likeness (QED) is 0.696. The van der Waals surface area contributed by atoms with Crippen LogP contribution in [0, 0.1) is 0 Å². The molecule has 0 aromatic carbocycles. The Morgan fingerprint density at radius 2 is 2.45 bits per heavy atom. The smallest absolute Gasteiger partial charge is 0.108 e. The molecule has 2 heterocycles. The van der Waals surface area contributed by atoms with E-state index >= 15 is 0 Å². The lowest BCUT2D eigenvalue weighted by molar-refractivity contribution is 0.632. The molecule has 1 N–H and O–H groups in total. The Bertz CT molecular complexity index is 279. The van der Waals surface area contributed by atoms with Gasteiger partial charge in [-0.25, -0.2) is 0 Å². The van der Waals surface area contributed by atoms with Crippen LogP contribution in [0.25, 0.3) is 0 Å². The highest BCUT2D eigenvalue weighted by Gasteiger charge is 2.16. The van der Waals surface area contributed by atoms with Crippen molar-refractivity contribution in [3.63, 3.8) is 0 Å². The summed E-state index contributed by atoms with van der Waals surface area (Å²) in [4.78, 5) is 0. The molecule has 0 bridgehead atoms. The number of halogens is 1. The molecule has 0 radical (unpaired) electrons. The van der Waals surface area contributed by atoms with Crippen molar-refractivity contribution in [2.45, 2.75) is 13.0 Å². The SMILES string of the molecule is Cn1nc2c(c1Br)CNCC2. The summed E-state index contributed by atoms with van der Waals surface area (Å²) in [6.45, 7) is 2.00. The van der Waals surface area contributed by atoms with Crippen LogP contribution in [0.3, 0.4) is 0 Å². The van der Waals surface area contributed by atoms with E-state index in [1.807, 2.05) is 11.7 Å². The van der Waals surface area contributed by atoms with E-state index in [1.165, 1.54) is 11.3 Å². The summed E-state index contributed by atoms with van der Waals surface area (Å²) < 4.78 is 3.00. The maximum Gasteiger partial charge on any atom is 0.108 e. The third-order valence-electron chi connectivity index (χ3n) is 1.99. The van der Waals surface area contributed by atoms with Crippen molar-refractivity contribution in [3.8, 4) is 0 Å². The van der Waals surface area contributed by atoms with Crippen LogP contribution in [0.5, 0.6) is 0 Å². The molecule has 1 aliphatic rings. The number of aryl methyl sites for hydroxylation is 1. The lowest BCUT2D eigenvalue weighted by Gasteiger charge is -2.10. The van der Waals surface area contributed by atoms with Gasteiger partial charge in [0.1, 0.15) is 4.60 Å². The van der Waals surface area contributed by atoms with Crippen molar-refractivity contribution in [2.24, 2.45) is 7.05 Å². The topological polar surface area (TPSA) is 29.9 Å². The first-order valence-electron chi connectivity index (χ1n) is 3.70. The van der Waals surface area contributed by atoms with Gasteiger partial charge in [0, 0.05) is 32.1 Å². The highest BCUT2D eigenvalue weighted by atomic mass is 79.9. The summed E-state index contributed by atoms with van der Waals surface area (Å²) in [5.41, 5.74) is 2.55. The van der Waals surface area contributed by atoms with Crippen molar-refractivity contribution in [3.05, 3.63) is 15.9 Å². The fourth-order valence-electron chi connectivity index (χ4n) is 1.40. The first-order valence-corrected chi connectivity index (χ1v) is 4.49. The maximum absolute atomic E-state index is 4.38. The second-order valence-electron chi connectivity index (χ2n) is 2.77. The lowest BCUT2D eigenvalue weighted by Crippen LogP contribution is -2.23. The summed E-state index contributed by atoms with van der Waals surface area (Å²) in [5, 5.41) is 7.69. The predicted octanol–water partition coefficient (Wildman–Crippen LogP) is 0.828. The molecule has 3 nitrogen and oxygen atoms in total. The van der Waals surface area contributed by atoms with Gasteiger partial charge in [0.2, 0.25) is 0 Å². The van der Waals surface area contributed by atoms with Crippen LogP contribution < -0.4 is 5.32 Å². The van der Waals surface area contributed by atoms with Crippen LogP contribution >= 0.6 is 15.9 Å². The molecule has 2 rings (SSSR count). The van der Waals surface area contributed by atoms with Gasteiger partial charge in [-0.1, -0.05) is 0 Å². The summed E-state index contributed by atoms with van der Waals surface area (Å²) in [7, 11) is 1.96. The Kier molecular flexibility index (Phi) is 1.73. The van der Waals surface area contributed by atoms with Gasteiger partial charge < -0.3 is 5.32 Å². The number of hydrogen-bond donors (Lipinski definition) is 1. The Morgan fingerprint density at radius 3 is 3.18 bits per heavy atom. The molecule has 0 unspecified atom stereocenters. The molecule has 0 atom stereocenters. The van der Waals surface area contributed by atoms with E-state index in [4.69, 9.17) is 0 Å². The second kappa shape index (κ2) is 2.60. The first kappa shape index (κ1) is 7.31. The van der Waals surface area contributed by atoms with E-state index < -0.39 is 0 Å². The van der Waals surface area contributed by atoms with Crippen LogP contribution in [0.1, 0.15) is 11.3 Å². The van der Waals surface area contributed by atoms with E-state index in [9.17, 15) is 0 Å². The molecule has 1 aliphatic heterocycles. The number of nitrogens with zero attached hydrogens (tertiary/aromatic N) is 2. The van der Waals surface area contributed by atoms with Crippen molar-refractivity contribution >= 4 is 15.9 Å². The zero-order chi connectivity index (χ0) is 7.84. The van der Waals surface area contributed by atoms with Gasteiger partial charge in [0.25, 0.3) is 0 Å². The molecule has 1 aromatic rings. The highest BCUT2D eigenvalue weighted by molar-refractivity contribution is 9.10. The minimum atomic E-state index is 0.948. The van der Waals surface area contributed by atoms with Crippen molar-refractivity contribution in [1.82, 2.24) is 15.1 Å². The van der Waals surface area contributed by atoms with Gasteiger partial charge in [-0.05, 0) is 15.9 Å². The minimum Gasteiger partial charge on any atom is -0.312 e. The second-order valence-corrected chi connectivity index (χ2v) is 3.52. The Morgan fingerprint density at radius 1 is 1.64 bits per heavy atom. The molecule has 4 heteroatoms. The average Bonchev–Trinajstić information content (AvgIpc) is 2.30. The van der Waals surface area contributed by atoms with E-state index in [-0.39, 0.29) is 0 Å². The standard InChI is InChI=1S/C7H10BrN3/c1-11-7(8)5-4-9-3-2-6(5)10-11/h9H,2-4H2,1H3. The minimum absolute atomic E-state index is 0.948. The molecule has 11 heavy (non-hydrogen) atoms. The molecular weight excluding hydrogens is 206 g/mol.